The molecule has 1 atom stereocenters. The molecule has 1 aromatic rings. The van der Waals surface area contributed by atoms with Crippen LogP contribution in [-0.2, 0) is 4.43 Å². The van der Waals surface area contributed by atoms with E-state index in [0.29, 0.717) is 0 Å². The Morgan fingerprint density at radius 1 is 1.29 bits per heavy atom. The lowest BCUT2D eigenvalue weighted by atomic mass is 9.84. The molecule has 0 amide bonds. The summed E-state index contributed by atoms with van der Waals surface area (Å²) in [5.41, 5.74) is 0.0151. The van der Waals surface area contributed by atoms with Gasteiger partial charge in [0.15, 0.2) is 20.7 Å². The van der Waals surface area contributed by atoms with Crippen LogP contribution >= 0.6 is 0 Å². The third kappa shape index (κ3) is 3.61. The Kier molecular flexibility index (Phi) is 4.44. The molecule has 0 heterocycles. The SMILES string of the molecule is C[SiH](C)OC(c1cc[c]c(F)c1F)C(C)(C)C. The Morgan fingerprint density at radius 2 is 1.88 bits per heavy atom. The van der Waals surface area contributed by atoms with E-state index in [1.165, 1.54) is 6.07 Å². The molecule has 1 radical (unpaired) electrons. The molecular weight excluding hydrogens is 238 g/mol. The fourth-order valence-corrected chi connectivity index (χ4v) is 2.79. The molecular formula is C13H19F2OSi. The molecule has 0 bridgehead atoms. The lowest BCUT2D eigenvalue weighted by Gasteiger charge is -2.33. The molecule has 4 heteroatoms. The Hall–Kier alpha value is -0.743. The summed E-state index contributed by atoms with van der Waals surface area (Å²) in [4.78, 5) is 0. The number of hydrogen-bond donors (Lipinski definition) is 0. The van der Waals surface area contributed by atoms with Crippen LogP contribution in [0.2, 0.25) is 13.1 Å². The van der Waals surface area contributed by atoms with Crippen LogP contribution < -0.4 is 0 Å². The van der Waals surface area contributed by atoms with Crippen molar-refractivity contribution in [2.24, 2.45) is 5.41 Å². The maximum absolute atomic E-state index is 13.8. The Balaban J connectivity index is 3.18. The van der Waals surface area contributed by atoms with Gasteiger partial charge in [-0.05, 0) is 18.5 Å². The Morgan fingerprint density at radius 3 is 2.35 bits per heavy atom. The van der Waals surface area contributed by atoms with E-state index in [0.717, 1.165) is 0 Å². The smallest absolute Gasteiger partial charge is 0.171 e. The number of benzene rings is 1. The van der Waals surface area contributed by atoms with E-state index in [-0.39, 0.29) is 11.0 Å². The van der Waals surface area contributed by atoms with Crippen LogP contribution in [0.25, 0.3) is 0 Å². The van der Waals surface area contributed by atoms with Gasteiger partial charge in [-0.2, -0.15) is 0 Å². The van der Waals surface area contributed by atoms with Gasteiger partial charge < -0.3 is 4.43 Å². The molecule has 95 valence electrons. The number of halogens is 2. The molecule has 0 aromatic heterocycles. The largest absolute Gasteiger partial charge is 0.413 e. The highest BCUT2D eigenvalue weighted by Gasteiger charge is 2.30. The van der Waals surface area contributed by atoms with E-state index in [2.05, 4.69) is 6.07 Å². The van der Waals surface area contributed by atoms with E-state index < -0.39 is 26.8 Å². The third-order valence-corrected chi connectivity index (χ3v) is 3.21. The Labute approximate surface area is 104 Å². The normalized spacial score (nSPS) is 14.1. The van der Waals surface area contributed by atoms with Gasteiger partial charge in [-0.15, -0.1) is 0 Å². The summed E-state index contributed by atoms with van der Waals surface area (Å²) in [5.74, 6) is -1.78. The van der Waals surface area contributed by atoms with Crippen LogP contribution in [0.1, 0.15) is 32.4 Å². The lowest BCUT2D eigenvalue weighted by Crippen LogP contribution is -2.27. The molecule has 17 heavy (non-hydrogen) atoms. The minimum absolute atomic E-state index is 0.272. The van der Waals surface area contributed by atoms with E-state index >= 15 is 0 Å². The predicted molar refractivity (Wildman–Crippen MR) is 67.4 cm³/mol. The van der Waals surface area contributed by atoms with E-state index in [9.17, 15) is 8.78 Å². The lowest BCUT2D eigenvalue weighted by molar-refractivity contribution is 0.0824. The molecule has 1 unspecified atom stereocenters. The van der Waals surface area contributed by atoms with Gasteiger partial charge in [-0.25, -0.2) is 8.78 Å². The van der Waals surface area contributed by atoms with Crippen molar-refractivity contribution < 1.29 is 13.2 Å². The van der Waals surface area contributed by atoms with Crippen molar-refractivity contribution in [2.75, 3.05) is 0 Å². The summed E-state index contributed by atoms with van der Waals surface area (Å²) >= 11 is 0. The van der Waals surface area contributed by atoms with Crippen LogP contribution in [-0.4, -0.2) is 9.04 Å². The van der Waals surface area contributed by atoms with Crippen molar-refractivity contribution in [3.05, 3.63) is 35.4 Å². The first-order chi connectivity index (χ1) is 7.73. The molecule has 0 aliphatic rings. The quantitative estimate of drug-likeness (QED) is 0.747. The zero-order valence-electron chi connectivity index (χ0n) is 11.0. The summed E-state index contributed by atoms with van der Waals surface area (Å²) in [5, 5.41) is 0. The van der Waals surface area contributed by atoms with Gasteiger partial charge >= 0.3 is 0 Å². The third-order valence-electron chi connectivity index (χ3n) is 2.40. The van der Waals surface area contributed by atoms with Crippen molar-refractivity contribution in [1.82, 2.24) is 0 Å². The molecule has 1 rings (SSSR count). The fraction of sp³-hybridized carbons (Fsp3) is 0.538. The molecule has 0 saturated heterocycles. The first-order valence-electron chi connectivity index (χ1n) is 5.74. The molecule has 0 aliphatic carbocycles. The second-order valence-electron chi connectivity index (χ2n) is 5.49. The minimum atomic E-state index is -1.33. The summed E-state index contributed by atoms with van der Waals surface area (Å²) in [6.07, 6.45) is -0.418. The summed E-state index contributed by atoms with van der Waals surface area (Å²) in [7, 11) is -1.33. The van der Waals surface area contributed by atoms with Crippen LogP contribution in [0.5, 0.6) is 0 Å². The van der Waals surface area contributed by atoms with Crippen molar-refractivity contribution in [3.63, 3.8) is 0 Å². The average molecular weight is 257 g/mol. The number of rotatable bonds is 3. The Bertz CT molecular complexity index is 385. The van der Waals surface area contributed by atoms with Gasteiger partial charge in [0.2, 0.25) is 0 Å². The first-order valence-corrected chi connectivity index (χ1v) is 8.52. The summed E-state index contributed by atoms with van der Waals surface area (Å²) in [6.45, 7) is 9.91. The number of hydrogen-bond acceptors (Lipinski definition) is 1. The van der Waals surface area contributed by atoms with Gasteiger partial charge in [0.25, 0.3) is 0 Å². The van der Waals surface area contributed by atoms with E-state index in [4.69, 9.17) is 4.43 Å². The maximum atomic E-state index is 13.8. The molecule has 0 aliphatic heterocycles. The van der Waals surface area contributed by atoms with Gasteiger partial charge in [0.1, 0.15) is 0 Å². The molecule has 1 nitrogen and oxygen atoms in total. The van der Waals surface area contributed by atoms with Crippen LogP contribution in [0.15, 0.2) is 12.1 Å². The van der Waals surface area contributed by atoms with Crippen LogP contribution in [0, 0.1) is 23.1 Å². The summed E-state index contributed by atoms with van der Waals surface area (Å²) in [6, 6.07) is 5.16. The highest BCUT2D eigenvalue weighted by molar-refractivity contribution is 6.48. The van der Waals surface area contributed by atoms with Crippen molar-refractivity contribution in [3.8, 4) is 0 Å². The van der Waals surface area contributed by atoms with Crippen LogP contribution in [0.3, 0.4) is 0 Å². The molecule has 0 N–H and O–H groups in total. The van der Waals surface area contributed by atoms with E-state index in [1.807, 2.05) is 33.9 Å². The molecule has 1 aromatic carbocycles. The highest BCUT2D eigenvalue weighted by Crippen LogP contribution is 2.38. The van der Waals surface area contributed by atoms with Crippen molar-refractivity contribution in [1.29, 1.82) is 0 Å². The highest BCUT2D eigenvalue weighted by atomic mass is 28.3. The van der Waals surface area contributed by atoms with Gasteiger partial charge in [0, 0.05) is 11.6 Å². The van der Waals surface area contributed by atoms with Gasteiger partial charge in [0.05, 0.1) is 6.10 Å². The maximum Gasteiger partial charge on any atom is 0.171 e. The van der Waals surface area contributed by atoms with Crippen LogP contribution in [0.4, 0.5) is 8.78 Å². The van der Waals surface area contributed by atoms with E-state index in [1.54, 1.807) is 6.07 Å². The average Bonchev–Trinajstić information content (AvgIpc) is 2.17. The van der Waals surface area contributed by atoms with Gasteiger partial charge in [-0.1, -0.05) is 32.9 Å². The second kappa shape index (κ2) is 5.27. The topological polar surface area (TPSA) is 9.23 Å². The minimum Gasteiger partial charge on any atom is -0.413 e. The summed E-state index contributed by atoms with van der Waals surface area (Å²) < 4.78 is 32.8. The monoisotopic (exact) mass is 257 g/mol. The van der Waals surface area contributed by atoms with Crippen molar-refractivity contribution >= 4 is 9.04 Å². The fourth-order valence-electron chi connectivity index (χ4n) is 1.69. The zero-order chi connectivity index (χ0) is 13.2. The molecule has 0 saturated carbocycles. The van der Waals surface area contributed by atoms with Gasteiger partial charge in [-0.3, -0.25) is 0 Å². The molecule has 0 fully saturated rings. The zero-order valence-corrected chi connectivity index (χ0v) is 12.1. The molecule has 0 spiro atoms. The standard InChI is InChI=1S/C13H19F2OSi/c1-13(2,3)12(16-17(4)5)9-7-6-8-10(14)11(9)15/h6-7,12,17H,1-5H3. The predicted octanol–water partition coefficient (Wildman–Crippen LogP) is 3.85. The second-order valence-corrected chi connectivity index (χ2v) is 7.86. The van der Waals surface area contributed by atoms with Crippen molar-refractivity contribution in [2.45, 2.75) is 40.0 Å². The first kappa shape index (κ1) is 14.3.